The second-order valence-electron chi connectivity index (χ2n) is 9.03. The van der Waals surface area contributed by atoms with E-state index in [0.29, 0.717) is 11.7 Å². The van der Waals surface area contributed by atoms with E-state index in [4.69, 9.17) is 0 Å². The van der Waals surface area contributed by atoms with Gasteiger partial charge in [-0.05, 0) is 64.1 Å². The number of rotatable bonds is 7. The van der Waals surface area contributed by atoms with Crippen molar-refractivity contribution < 1.29 is 4.79 Å². The number of nitrogens with one attached hydrogen (secondary N) is 1. The van der Waals surface area contributed by atoms with Gasteiger partial charge in [0.15, 0.2) is 5.82 Å². The van der Waals surface area contributed by atoms with Crippen molar-refractivity contribution in [2.45, 2.75) is 63.8 Å². The van der Waals surface area contributed by atoms with Crippen LogP contribution in [0.5, 0.6) is 0 Å². The van der Waals surface area contributed by atoms with Crippen LogP contribution in [0.1, 0.15) is 68.4 Å². The van der Waals surface area contributed by atoms with Crippen molar-refractivity contribution in [3.05, 3.63) is 18.2 Å². The Morgan fingerprint density at radius 2 is 1.89 bits per heavy atom. The first-order valence-electron chi connectivity index (χ1n) is 11.5. The largest absolute Gasteiger partial charge is 0.341 e. The molecule has 1 aliphatic carbocycles. The van der Waals surface area contributed by atoms with E-state index in [1.165, 1.54) is 77.4 Å². The number of hydrogen-bond donors (Lipinski definition) is 1. The van der Waals surface area contributed by atoms with Crippen LogP contribution in [0.25, 0.3) is 0 Å². The van der Waals surface area contributed by atoms with Crippen molar-refractivity contribution in [3.8, 4) is 0 Å². The summed E-state index contributed by atoms with van der Waals surface area (Å²) in [5.41, 5.74) is 0. The number of carbonyl (C=O) groups is 1. The smallest absolute Gasteiger partial charge is 0.289 e. The molecule has 3 heterocycles. The second-order valence-corrected chi connectivity index (χ2v) is 9.03. The fourth-order valence-electron chi connectivity index (χ4n) is 5.41. The van der Waals surface area contributed by atoms with E-state index in [1.807, 2.05) is 0 Å². The zero-order chi connectivity index (χ0) is 19.2. The summed E-state index contributed by atoms with van der Waals surface area (Å²) < 4.78 is 0. The first kappa shape index (κ1) is 19.9. The second kappa shape index (κ2) is 9.88. The van der Waals surface area contributed by atoms with Gasteiger partial charge < -0.3 is 19.7 Å². The Kier molecular flexibility index (Phi) is 7.02. The number of hydrogen-bond acceptors (Lipinski definition) is 4. The van der Waals surface area contributed by atoms with Crippen LogP contribution < -0.4 is 0 Å². The molecule has 0 bridgehead atoms. The molecule has 3 aliphatic rings. The molecule has 1 amide bonds. The zero-order valence-electron chi connectivity index (χ0n) is 17.3. The van der Waals surface area contributed by atoms with Crippen molar-refractivity contribution >= 4 is 5.91 Å². The summed E-state index contributed by atoms with van der Waals surface area (Å²) in [5, 5.41) is 0. The Morgan fingerprint density at radius 1 is 1.07 bits per heavy atom. The SMILES string of the molecule is O=C(c1ncc[nH]1)N(CCN1CCCCC1)CC1CCCN(C2CCCC2)C1. The third-order valence-electron chi connectivity index (χ3n) is 6.99. The van der Waals surface area contributed by atoms with Gasteiger partial charge in [0.2, 0.25) is 0 Å². The summed E-state index contributed by atoms with van der Waals surface area (Å²) >= 11 is 0. The maximum Gasteiger partial charge on any atom is 0.289 e. The van der Waals surface area contributed by atoms with Gasteiger partial charge in [0.25, 0.3) is 5.91 Å². The van der Waals surface area contributed by atoms with Crippen LogP contribution in [0.4, 0.5) is 0 Å². The van der Waals surface area contributed by atoms with Crippen LogP contribution in [0.3, 0.4) is 0 Å². The molecule has 0 radical (unpaired) electrons. The van der Waals surface area contributed by atoms with Crippen LogP contribution in [0.2, 0.25) is 0 Å². The van der Waals surface area contributed by atoms with Gasteiger partial charge in [0.05, 0.1) is 0 Å². The van der Waals surface area contributed by atoms with Gasteiger partial charge in [-0.2, -0.15) is 0 Å². The summed E-state index contributed by atoms with van der Waals surface area (Å²) in [6.07, 6.45) is 15.4. The third-order valence-corrected chi connectivity index (χ3v) is 6.99. The third kappa shape index (κ3) is 5.15. The summed E-state index contributed by atoms with van der Waals surface area (Å²) in [7, 11) is 0. The van der Waals surface area contributed by atoms with Crippen LogP contribution in [-0.4, -0.2) is 82.4 Å². The average molecular weight is 388 g/mol. The molecule has 0 aromatic carbocycles. The molecule has 1 aromatic heterocycles. The summed E-state index contributed by atoms with van der Waals surface area (Å²) in [6.45, 7) is 7.46. The topological polar surface area (TPSA) is 55.5 Å². The highest BCUT2D eigenvalue weighted by Crippen LogP contribution is 2.28. The highest BCUT2D eigenvalue weighted by molar-refractivity contribution is 5.90. The molecular weight excluding hydrogens is 350 g/mol. The van der Waals surface area contributed by atoms with Gasteiger partial charge in [-0.3, -0.25) is 4.79 Å². The molecular formula is C22H37N5O. The summed E-state index contributed by atoms with van der Waals surface area (Å²) in [5.74, 6) is 1.15. The van der Waals surface area contributed by atoms with Gasteiger partial charge in [0.1, 0.15) is 0 Å². The zero-order valence-corrected chi connectivity index (χ0v) is 17.3. The molecule has 2 aliphatic heterocycles. The van der Waals surface area contributed by atoms with Crippen molar-refractivity contribution in [1.29, 1.82) is 0 Å². The highest BCUT2D eigenvalue weighted by Gasteiger charge is 2.30. The van der Waals surface area contributed by atoms with Crippen LogP contribution in [0, 0.1) is 5.92 Å². The van der Waals surface area contributed by atoms with E-state index in [0.717, 1.165) is 32.2 Å². The molecule has 1 saturated carbocycles. The fraction of sp³-hybridized carbons (Fsp3) is 0.818. The number of aromatic nitrogens is 2. The number of aromatic amines is 1. The first-order valence-corrected chi connectivity index (χ1v) is 11.5. The van der Waals surface area contributed by atoms with E-state index < -0.39 is 0 Å². The van der Waals surface area contributed by atoms with Crippen molar-refractivity contribution in [1.82, 2.24) is 24.7 Å². The quantitative estimate of drug-likeness (QED) is 0.781. The normalized spacial score (nSPS) is 25.2. The molecule has 1 unspecified atom stereocenters. The number of imidazole rings is 1. The molecule has 0 spiro atoms. The predicted molar refractivity (Wildman–Crippen MR) is 111 cm³/mol. The molecule has 1 N–H and O–H groups in total. The molecule has 2 saturated heterocycles. The van der Waals surface area contributed by atoms with E-state index in [9.17, 15) is 4.79 Å². The molecule has 156 valence electrons. The maximum absolute atomic E-state index is 13.1. The monoisotopic (exact) mass is 387 g/mol. The number of carbonyl (C=O) groups excluding carboxylic acids is 1. The lowest BCUT2D eigenvalue weighted by molar-refractivity contribution is 0.0600. The molecule has 3 fully saturated rings. The Balaban J connectivity index is 1.36. The molecule has 6 heteroatoms. The minimum atomic E-state index is 0.0694. The van der Waals surface area contributed by atoms with Gasteiger partial charge in [-0.25, -0.2) is 4.98 Å². The fourth-order valence-corrected chi connectivity index (χ4v) is 5.41. The Morgan fingerprint density at radius 3 is 2.64 bits per heavy atom. The number of nitrogens with zero attached hydrogens (tertiary/aromatic N) is 4. The molecule has 6 nitrogen and oxygen atoms in total. The van der Waals surface area contributed by atoms with Crippen molar-refractivity contribution in [2.24, 2.45) is 5.92 Å². The van der Waals surface area contributed by atoms with Crippen LogP contribution >= 0.6 is 0 Å². The number of piperidine rings is 2. The van der Waals surface area contributed by atoms with Crippen molar-refractivity contribution in [3.63, 3.8) is 0 Å². The van der Waals surface area contributed by atoms with E-state index >= 15 is 0 Å². The van der Waals surface area contributed by atoms with Crippen LogP contribution in [-0.2, 0) is 0 Å². The predicted octanol–water partition coefficient (Wildman–Crippen LogP) is 2.99. The van der Waals surface area contributed by atoms with E-state index in [2.05, 4.69) is 24.7 Å². The molecule has 4 rings (SSSR count). The standard InChI is InChI=1S/C22H37N5O/c28-22(21-23-10-11-24-21)27(16-15-25-12-4-1-5-13-25)18-19-7-6-14-26(17-19)20-8-2-3-9-20/h10-11,19-20H,1-9,12-18H2,(H,23,24). The van der Waals surface area contributed by atoms with E-state index in [1.54, 1.807) is 12.4 Å². The molecule has 1 atom stereocenters. The highest BCUT2D eigenvalue weighted by atomic mass is 16.2. The lowest BCUT2D eigenvalue weighted by Crippen LogP contribution is -2.47. The van der Waals surface area contributed by atoms with Gasteiger partial charge >= 0.3 is 0 Å². The summed E-state index contributed by atoms with van der Waals surface area (Å²) in [4.78, 5) is 27.7. The number of likely N-dealkylation sites (tertiary alicyclic amines) is 2. The number of amides is 1. The Bertz CT molecular complexity index is 592. The van der Waals surface area contributed by atoms with Crippen molar-refractivity contribution in [2.75, 3.05) is 45.8 Å². The summed E-state index contributed by atoms with van der Waals surface area (Å²) in [6, 6.07) is 0.797. The molecule has 28 heavy (non-hydrogen) atoms. The maximum atomic E-state index is 13.1. The average Bonchev–Trinajstić information content (AvgIpc) is 3.46. The van der Waals surface area contributed by atoms with Crippen LogP contribution in [0.15, 0.2) is 12.4 Å². The lowest BCUT2D eigenvalue weighted by atomic mass is 9.95. The molecule has 1 aromatic rings. The van der Waals surface area contributed by atoms with Gasteiger partial charge in [-0.15, -0.1) is 0 Å². The minimum Gasteiger partial charge on any atom is -0.341 e. The van der Waals surface area contributed by atoms with Gasteiger partial charge in [0, 0.05) is 44.6 Å². The van der Waals surface area contributed by atoms with Gasteiger partial charge in [-0.1, -0.05) is 19.3 Å². The first-order chi connectivity index (χ1) is 13.8. The van der Waals surface area contributed by atoms with E-state index in [-0.39, 0.29) is 5.91 Å². The number of H-pyrrole nitrogens is 1. The Labute approximate surface area is 169 Å². The minimum absolute atomic E-state index is 0.0694. The Hall–Kier alpha value is -1.40. The lowest BCUT2D eigenvalue weighted by Gasteiger charge is -2.39.